The molecular formula is C9H7ClN4O3. The number of hydrogen-bond donors (Lipinski definition) is 1. The molecule has 0 bridgehead atoms. The van der Waals surface area contributed by atoms with Crippen LogP contribution in [-0.2, 0) is 9.59 Å². The summed E-state index contributed by atoms with van der Waals surface area (Å²) < 4.78 is 0. The second kappa shape index (κ2) is 4.46. The van der Waals surface area contributed by atoms with Gasteiger partial charge in [0.2, 0.25) is 0 Å². The number of carboxylic acids is 1. The van der Waals surface area contributed by atoms with Crippen molar-refractivity contribution in [1.29, 1.82) is 0 Å². The lowest BCUT2D eigenvalue weighted by molar-refractivity contribution is -0.135. The van der Waals surface area contributed by atoms with E-state index in [9.17, 15) is 9.59 Å². The molecule has 0 spiro atoms. The fraction of sp³-hybridized carbons (Fsp3) is 0.222. The van der Waals surface area contributed by atoms with E-state index < -0.39 is 5.97 Å². The largest absolute Gasteiger partial charge is 0.481 e. The third kappa shape index (κ3) is 2.56. The quantitative estimate of drug-likeness (QED) is 0.856. The molecule has 1 amide bonds. The predicted octanol–water partition coefficient (Wildman–Crippen LogP) is 0.697. The van der Waals surface area contributed by atoms with Crippen molar-refractivity contribution in [2.75, 3.05) is 5.01 Å². The number of anilines is 1. The number of rotatable bonds is 3. The number of carbonyl (C=O) groups is 2. The minimum absolute atomic E-state index is 0.0173. The molecule has 0 atom stereocenters. The summed E-state index contributed by atoms with van der Waals surface area (Å²) in [5.41, 5.74) is 0.291. The predicted molar refractivity (Wildman–Crippen MR) is 58.8 cm³/mol. The van der Waals surface area contributed by atoms with Gasteiger partial charge in [-0.05, 0) is 12.1 Å². The summed E-state index contributed by atoms with van der Waals surface area (Å²) in [4.78, 5) is 22.1. The van der Waals surface area contributed by atoms with Crippen LogP contribution >= 0.6 is 11.6 Å². The summed E-state index contributed by atoms with van der Waals surface area (Å²) in [6.45, 7) is 0. The van der Waals surface area contributed by atoms with Crippen LogP contribution in [-0.4, -0.2) is 32.9 Å². The SMILES string of the molecule is O=C(O)CC1=NN(c2ccc(Cl)nn2)C(=O)C1. The Hall–Kier alpha value is -2.02. The lowest BCUT2D eigenvalue weighted by atomic mass is 10.2. The van der Waals surface area contributed by atoms with Gasteiger partial charge in [-0.1, -0.05) is 11.6 Å². The Morgan fingerprint density at radius 1 is 1.47 bits per heavy atom. The number of hydrazone groups is 1. The minimum atomic E-state index is -1.03. The third-order valence-corrected chi connectivity index (χ3v) is 2.22. The molecule has 1 aliphatic heterocycles. The van der Waals surface area contributed by atoms with E-state index in [1.807, 2.05) is 0 Å². The molecule has 7 nitrogen and oxygen atoms in total. The molecule has 1 aromatic rings. The highest BCUT2D eigenvalue weighted by Gasteiger charge is 2.27. The molecule has 0 saturated carbocycles. The first-order chi connectivity index (χ1) is 8.06. The van der Waals surface area contributed by atoms with Crippen molar-refractivity contribution in [1.82, 2.24) is 10.2 Å². The number of carbonyl (C=O) groups excluding carboxylic acids is 1. The van der Waals surface area contributed by atoms with Crippen molar-refractivity contribution in [2.24, 2.45) is 5.10 Å². The van der Waals surface area contributed by atoms with Crippen LogP contribution in [0.1, 0.15) is 12.8 Å². The fourth-order valence-electron chi connectivity index (χ4n) is 1.36. The summed E-state index contributed by atoms with van der Waals surface area (Å²) in [6, 6.07) is 2.96. The van der Waals surface area contributed by atoms with Crippen LogP contribution in [0.4, 0.5) is 5.82 Å². The molecule has 0 aliphatic carbocycles. The van der Waals surface area contributed by atoms with Crippen molar-refractivity contribution in [3.05, 3.63) is 17.3 Å². The van der Waals surface area contributed by atoms with Gasteiger partial charge in [0.1, 0.15) is 0 Å². The number of aromatic nitrogens is 2. The fourth-order valence-corrected chi connectivity index (χ4v) is 1.46. The Bertz CT molecular complexity index is 499. The summed E-state index contributed by atoms with van der Waals surface area (Å²) in [5.74, 6) is -1.14. The Labute approximate surface area is 101 Å². The molecule has 0 fully saturated rings. The average Bonchev–Trinajstić information content (AvgIpc) is 2.59. The van der Waals surface area contributed by atoms with E-state index in [4.69, 9.17) is 16.7 Å². The number of amides is 1. The monoisotopic (exact) mass is 254 g/mol. The summed E-state index contributed by atoms with van der Waals surface area (Å²) >= 11 is 5.56. The Balaban J connectivity index is 2.21. The summed E-state index contributed by atoms with van der Waals surface area (Å²) in [7, 11) is 0. The van der Waals surface area contributed by atoms with Gasteiger partial charge in [0.05, 0.1) is 18.6 Å². The topological polar surface area (TPSA) is 95.8 Å². The highest BCUT2D eigenvalue weighted by atomic mass is 35.5. The Morgan fingerprint density at radius 3 is 2.82 bits per heavy atom. The van der Waals surface area contributed by atoms with Crippen LogP contribution in [0.2, 0.25) is 5.15 Å². The van der Waals surface area contributed by atoms with E-state index in [-0.39, 0.29) is 29.7 Å². The van der Waals surface area contributed by atoms with E-state index >= 15 is 0 Å². The molecule has 88 valence electrons. The van der Waals surface area contributed by atoms with Gasteiger partial charge in [0, 0.05) is 0 Å². The molecule has 2 heterocycles. The maximum absolute atomic E-state index is 11.6. The number of carboxylic acid groups (broad SMARTS) is 1. The first-order valence-electron chi connectivity index (χ1n) is 4.66. The van der Waals surface area contributed by atoms with Gasteiger partial charge < -0.3 is 5.11 Å². The van der Waals surface area contributed by atoms with Gasteiger partial charge >= 0.3 is 5.97 Å². The van der Waals surface area contributed by atoms with Gasteiger partial charge in [0.15, 0.2) is 11.0 Å². The molecule has 0 radical (unpaired) electrons. The zero-order valence-corrected chi connectivity index (χ0v) is 9.26. The Morgan fingerprint density at radius 2 is 2.24 bits per heavy atom. The van der Waals surface area contributed by atoms with Crippen LogP contribution in [0.5, 0.6) is 0 Å². The van der Waals surface area contributed by atoms with E-state index in [1.54, 1.807) is 0 Å². The van der Waals surface area contributed by atoms with Gasteiger partial charge in [0.25, 0.3) is 5.91 Å². The maximum atomic E-state index is 11.6. The van der Waals surface area contributed by atoms with E-state index in [1.165, 1.54) is 12.1 Å². The molecule has 0 aromatic carbocycles. The van der Waals surface area contributed by atoms with Crippen LogP contribution in [0.25, 0.3) is 0 Å². The third-order valence-electron chi connectivity index (χ3n) is 2.02. The number of hydrogen-bond acceptors (Lipinski definition) is 5. The van der Waals surface area contributed by atoms with Crippen molar-refractivity contribution < 1.29 is 14.7 Å². The minimum Gasteiger partial charge on any atom is -0.481 e. The number of halogens is 1. The molecule has 17 heavy (non-hydrogen) atoms. The molecule has 2 rings (SSSR count). The van der Waals surface area contributed by atoms with Crippen molar-refractivity contribution in [2.45, 2.75) is 12.8 Å². The van der Waals surface area contributed by atoms with Crippen LogP contribution in [0.15, 0.2) is 17.2 Å². The standard InChI is InChI=1S/C9H7ClN4O3/c10-6-1-2-7(12-11-6)14-8(15)3-5(13-14)4-9(16)17/h1-2H,3-4H2,(H,16,17). The van der Waals surface area contributed by atoms with Crippen molar-refractivity contribution >= 4 is 35.0 Å². The molecule has 8 heteroatoms. The first kappa shape index (κ1) is 11.5. The highest BCUT2D eigenvalue weighted by molar-refractivity contribution is 6.29. The molecule has 1 aromatic heterocycles. The van der Waals surface area contributed by atoms with Gasteiger partial charge in [-0.3, -0.25) is 9.59 Å². The lowest BCUT2D eigenvalue weighted by Crippen LogP contribution is -2.20. The lowest BCUT2D eigenvalue weighted by Gasteiger charge is -2.08. The van der Waals surface area contributed by atoms with E-state index in [0.29, 0.717) is 5.71 Å². The Kier molecular flexibility index (Phi) is 3.01. The maximum Gasteiger partial charge on any atom is 0.309 e. The zero-order chi connectivity index (χ0) is 12.4. The number of aliphatic carboxylic acids is 1. The molecule has 0 unspecified atom stereocenters. The van der Waals surface area contributed by atoms with Crippen molar-refractivity contribution in [3.63, 3.8) is 0 Å². The molecule has 1 aliphatic rings. The number of nitrogens with zero attached hydrogens (tertiary/aromatic N) is 4. The van der Waals surface area contributed by atoms with Gasteiger partial charge in [-0.25, -0.2) is 0 Å². The molecular weight excluding hydrogens is 248 g/mol. The van der Waals surface area contributed by atoms with Crippen LogP contribution in [0, 0.1) is 0 Å². The molecule has 0 saturated heterocycles. The molecule has 1 N–H and O–H groups in total. The zero-order valence-electron chi connectivity index (χ0n) is 8.50. The van der Waals surface area contributed by atoms with Crippen LogP contribution in [0.3, 0.4) is 0 Å². The van der Waals surface area contributed by atoms with E-state index in [2.05, 4.69) is 15.3 Å². The van der Waals surface area contributed by atoms with Gasteiger partial charge in [-0.15, -0.1) is 10.2 Å². The van der Waals surface area contributed by atoms with Crippen molar-refractivity contribution in [3.8, 4) is 0 Å². The van der Waals surface area contributed by atoms with Gasteiger partial charge in [-0.2, -0.15) is 10.1 Å². The smallest absolute Gasteiger partial charge is 0.309 e. The first-order valence-corrected chi connectivity index (χ1v) is 5.04. The highest BCUT2D eigenvalue weighted by Crippen LogP contribution is 2.19. The summed E-state index contributed by atoms with van der Waals surface area (Å²) in [6.07, 6.45) is -0.278. The van der Waals surface area contributed by atoms with Crippen LogP contribution < -0.4 is 5.01 Å². The average molecular weight is 255 g/mol. The summed E-state index contributed by atoms with van der Waals surface area (Å²) in [5, 5.41) is 21.0. The second-order valence-electron chi connectivity index (χ2n) is 3.33. The second-order valence-corrected chi connectivity index (χ2v) is 3.72. The van der Waals surface area contributed by atoms with E-state index in [0.717, 1.165) is 5.01 Å². The normalized spacial score (nSPS) is 15.0.